The summed E-state index contributed by atoms with van der Waals surface area (Å²) in [7, 11) is 0. The molecule has 1 nitrogen and oxygen atoms in total. The van der Waals surface area contributed by atoms with E-state index >= 15 is 0 Å². The van der Waals surface area contributed by atoms with Crippen molar-refractivity contribution in [3.05, 3.63) is 23.3 Å². The standard InChI is InChI=1S/C7H8Cl2O/c1-7(9)4-2-3-5(8)6(7)10/h2-4,6,10H,1H3. The van der Waals surface area contributed by atoms with E-state index in [-0.39, 0.29) is 0 Å². The zero-order valence-corrected chi connectivity index (χ0v) is 7.02. The van der Waals surface area contributed by atoms with Crippen LogP contribution in [0.15, 0.2) is 23.3 Å². The predicted octanol–water partition coefficient (Wildman–Crippen LogP) is 2.04. The Morgan fingerprint density at radius 3 is 2.70 bits per heavy atom. The van der Waals surface area contributed by atoms with Crippen LogP contribution in [0.1, 0.15) is 6.92 Å². The largest absolute Gasteiger partial charge is 0.385 e. The number of aliphatic hydroxyl groups excluding tert-OH is 1. The van der Waals surface area contributed by atoms with Crippen molar-refractivity contribution in [2.75, 3.05) is 0 Å². The van der Waals surface area contributed by atoms with Gasteiger partial charge in [-0.2, -0.15) is 0 Å². The van der Waals surface area contributed by atoms with Crippen LogP contribution >= 0.6 is 23.2 Å². The molecule has 0 spiro atoms. The van der Waals surface area contributed by atoms with Crippen LogP contribution in [0.3, 0.4) is 0 Å². The van der Waals surface area contributed by atoms with Crippen molar-refractivity contribution in [3.63, 3.8) is 0 Å². The molecule has 0 aromatic heterocycles. The van der Waals surface area contributed by atoms with Gasteiger partial charge in [0.15, 0.2) is 0 Å². The lowest BCUT2D eigenvalue weighted by Crippen LogP contribution is -2.33. The number of hydrogen-bond donors (Lipinski definition) is 1. The fraction of sp³-hybridized carbons (Fsp3) is 0.429. The molecule has 1 aliphatic carbocycles. The van der Waals surface area contributed by atoms with Gasteiger partial charge in [-0.05, 0) is 13.0 Å². The summed E-state index contributed by atoms with van der Waals surface area (Å²) in [6.45, 7) is 1.71. The summed E-state index contributed by atoms with van der Waals surface area (Å²) in [6.07, 6.45) is 4.31. The van der Waals surface area contributed by atoms with Crippen molar-refractivity contribution < 1.29 is 5.11 Å². The molecule has 0 fully saturated rings. The molecule has 0 heterocycles. The molecular weight excluding hydrogens is 171 g/mol. The Morgan fingerprint density at radius 1 is 1.70 bits per heavy atom. The number of aliphatic hydroxyl groups is 1. The molecule has 0 aromatic carbocycles. The minimum Gasteiger partial charge on any atom is -0.385 e. The van der Waals surface area contributed by atoms with Crippen molar-refractivity contribution in [3.8, 4) is 0 Å². The second kappa shape index (κ2) is 2.57. The van der Waals surface area contributed by atoms with E-state index in [2.05, 4.69) is 0 Å². The Morgan fingerprint density at radius 2 is 2.30 bits per heavy atom. The third-order valence-corrected chi connectivity index (χ3v) is 2.14. The Balaban J connectivity index is 2.89. The number of alkyl halides is 1. The van der Waals surface area contributed by atoms with E-state index in [9.17, 15) is 5.11 Å². The molecule has 2 unspecified atom stereocenters. The van der Waals surface area contributed by atoms with Gasteiger partial charge in [0.05, 0.1) is 4.87 Å². The molecule has 1 N–H and O–H groups in total. The van der Waals surface area contributed by atoms with Crippen molar-refractivity contribution in [2.24, 2.45) is 0 Å². The molecule has 0 aliphatic heterocycles. The molecule has 0 amide bonds. The molecule has 0 saturated heterocycles. The second-order valence-electron chi connectivity index (χ2n) is 2.46. The van der Waals surface area contributed by atoms with Gasteiger partial charge in [-0.1, -0.05) is 23.8 Å². The summed E-state index contributed by atoms with van der Waals surface area (Å²) >= 11 is 11.5. The van der Waals surface area contributed by atoms with Crippen molar-refractivity contribution in [1.82, 2.24) is 0 Å². The molecule has 1 aliphatic rings. The van der Waals surface area contributed by atoms with E-state index in [0.717, 1.165) is 0 Å². The first-order valence-electron chi connectivity index (χ1n) is 2.96. The highest BCUT2D eigenvalue weighted by Gasteiger charge is 2.31. The van der Waals surface area contributed by atoms with Gasteiger partial charge in [-0.25, -0.2) is 0 Å². The lowest BCUT2D eigenvalue weighted by molar-refractivity contribution is 0.191. The molecule has 0 radical (unpaired) electrons. The lowest BCUT2D eigenvalue weighted by atomic mass is 9.99. The Hall–Kier alpha value is 0.0200. The highest BCUT2D eigenvalue weighted by Crippen LogP contribution is 2.30. The maximum atomic E-state index is 9.32. The Kier molecular flexibility index (Phi) is 2.09. The fourth-order valence-electron chi connectivity index (χ4n) is 0.780. The zero-order chi connectivity index (χ0) is 7.78. The first-order chi connectivity index (χ1) is 4.54. The number of allylic oxidation sites excluding steroid dienone is 2. The SMILES string of the molecule is CC1(Cl)C=CC=C(Cl)C1O. The van der Waals surface area contributed by atoms with Gasteiger partial charge in [0.25, 0.3) is 0 Å². The van der Waals surface area contributed by atoms with Gasteiger partial charge in [-0.15, -0.1) is 11.6 Å². The van der Waals surface area contributed by atoms with Crippen LogP contribution < -0.4 is 0 Å². The van der Waals surface area contributed by atoms with E-state index < -0.39 is 11.0 Å². The summed E-state index contributed by atoms with van der Waals surface area (Å²) in [5.74, 6) is 0. The van der Waals surface area contributed by atoms with Gasteiger partial charge < -0.3 is 5.11 Å². The summed E-state index contributed by atoms with van der Waals surface area (Å²) < 4.78 is 0. The molecule has 3 heteroatoms. The van der Waals surface area contributed by atoms with Crippen LogP contribution in [0.4, 0.5) is 0 Å². The van der Waals surface area contributed by atoms with Crippen LogP contribution in [0, 0.1) is 0 Å². The second-order valence-corrected chi connectivity index (χ2v) is 3.72. The lowest BCUT2D eigenvalue weighted by Gasteiger charge is -2.26. The summed E-state index contributed by atoms with van der Waals surface area (Å²) in [5.41, 5.74) is 0. The molecule has 0 bridgehead atoms. The maximum absolute atomic E-state index is 9.32. The van der Waals surface area contributed by atoms with Gasteiger partial charge >= 0.3 is 0 Å². The van der Waals surface area contributed by atoms with E-state index in [1.165, 1.54) is 0 Å². The average Bonchev–Trinajstić information content (AvgIpc) is 1.83. The first kappa shape index (κ1) is 8.12. The normalized spacial score (nSPS) is 39.6. The average molecular weight is 179 g/mol. The molecular formula is C7H8Cl2O. The quantitative estimate of drug-likeness (QED) is 0.564. The minimum atomic E-state index is -0.777. The first-order valence-corrected chi connectivity index (χ1v) is 3.71. The van der Waals surface area contributed by atoms with Crippen LogP contribution in [0.2, 0.25) is 0 Å². The predicted molar refractivity (Wildman–Crippen MR) is 43.3 cm³/mol. The van der Waals surface area contributed by atoms with Crippen molar-refractivity contribution in [1.29, 1.82) is 0 Å². The summed E-state index contributed by atoms with van der Waals surface area (Å²) in [5, 5.41) is 9.71. The Labute approximate surface area is 69.9 Å². The van der Waals surface area contributed by atoms with Crippen molar-refractivity contribution in [2.45, 2.75) is 17.9 Å². The van der Waals surface area contributed by atoms with Crippen LogP contribution in [-0.2, 0) is 0 Å². The van der Waals surface area contributed by atoms with Gasteiger partial charge in [0.1, 0.15) is 6.10 Å². The zero-order valence-electron chi connectivity index (χ0n) is 5.51. The van der Waals surface area contributed by atoms with Crippen LogP contribution in [0.25, 0.3) is 0 Å². The molecule has 1 rings (SSSR count). The maximum Gasteiger partial charge on any atom is 0.112 e. The highest BCUT2D eigenvalue weighted by atomic mass is 35.5. The third-order valence-electron chi connectivity index (χ3n) is 1.47. The fourth-order valence-corrected chi connectivity index (χ4v) is 1.33. The minimum absolute atomic E-state index is 0.389. The van der Waals surface area contributed by atoms with Crippen LogP contribution in [-0.4, -0.2) is 16.1 Å². The summed E-state index contributed by atoms with van der Waals surface area (Å²) in [4.78, 5) is -0.744. The number of rotatable bonds is 0. The topological polar surface area (TPSA) is 20.2 Å². The van der Waals surface area contributed by atoms with Crippen LogP contribution in [0.5, 0.6) is 0 Å². The highest BCUT2D eigenvalue weighted by molar-refractivity contribution is 6.33. The monoisotopic (exact) mass is 178 g/mol. The van der Waals surface area contributed by atoms with E-state index in [4.69, 9.17) is 23.2 Å². The number of halogens is 2. The van der Waals surface area contributed by atoms with Gasteiger partial charge in [0, 0.05) is 5.03 Å². The van der Waals surface area contributed by atoms with E-state index in [0.29, 0.717) is 5.03 Å². The molecule has 0 saturated carbocycles. The van der Waals surface area contributed by atoms with Gasteiger partial charge in [-0.3, -0.25) is 0 Å². The van der Waals surface area contributed by atoms with E-state index in [1.807, 2.05) is 0 Å². The Bertz CT molecular complexity index is 194. The third kappa shape index (κ3) is 1.36. The molecule has 0 aromatic rings. The molecule has 56 valence electrons. The molecule has 10 heavy (non-hydrogen) atoms. The van der Waals surface area contributed by atoms with Gasteiger partial charge in [0.2, 0.25) is 0 Å². The smallest absolute Gasteiger partial charge is 0.112 e. The molecule has 2 atom stereocenters. The number of hydrogen-bond acceptors (Lipinski definition) is 1. The summed E-state index contributed by atoms with van der Waals surface area (Å²) in [6, 6.07) is 0. The van der Waals surface area contributed by atoms with E-state index in [1.54, 1.807) is 25.2 Å². The van der Waals surface area contributed by atoms with Crippen molar-refractivity contribution >= 4 is 23.2 Å².